The highest BCUT2D eigenvalue weighted by atomic mass is 35.5. The van der Waals surface area contributed by atoms with E-state index in [0.29, 0.717) is 36.0 Å². The standard InChI is InChI=1S/C17H19ClN2O2/c1-2-22-16-10-6-5-9-15(16)20-17(21)11-12-19-14-8-4-3-7-13(14)18/h3-10,19H,2,11-12H2,1H3,(H,20,21). The summed E-state index contributed by atoms with van der Waals surface area (Å²) in [5, 5.41) is 6.65. The Balaban J connectivity index is 1.85. The highest BCUT2D eigenvalue weighted by Crippen LogP contribution is 2.24. The number of para-hydroxylation sites is 3. The fourth-order valence-corrected chi connectivity index (χ4v) is 2.18. The number of carbonyl (C=O) groups excluding carboxylic acids is 1. The predicted octanol–water partition coefficient (Wildman–Crippen LogP) is 4.18. The van der Waals surface area contributed by atoms with Crippen molar-refractivity contribution < 1.29 is 9.53 Å². The fraction of sp³-hybridized carbons (Fsp3) is 0.235. The molecule has 22 heavy (non-hydrogen) atoms. The number of halogens is 1. The van der Waals surface area contributed by atoms with Gasteiger partial charge in [-0.1, -0.05) is 35.9 Å². The molecule has 4 nitrogen and oxygen atoms in total. The first kappa shape index (κ1) is 16.2. The zero-order chi connectivity index (χ0) is 15.8. The van der Waals surface area contributed by atoms with Gasteiger partial charge < -0.3 is 15.4 Å². The number of hydrogen-bond acceptors (Lipinski definition) is 3. The van der Waals surface area contributed by atoms with Crippen LogP contribution in [0.25, 0.3) is 0 Å². The van der Waals surface area contributed by atoms with E-state index in [-0.39, 0.29) is 5.91 Å². The molecule has 0 atom stereocenters. The first-order valence-electron chi connectivity index (χ1n) is 7.20. The Morgan fingerprint density at radius 1 is 1.09 bits per heavy atom. The Morgan fingerprint density at radius 2 is 1.77 bits per heavy atom. The molecule has 0 unspecified atom stereocenters. The van der Waals surface area contributed by atoms with Crippen LogP contribution in [0.5, 0.6) is 5.75 Å². The maximum atomic E-state index is 12.0. The lowest BCUT2D eigenvalue weighted by molar-refractivity contribution is -0.116. The zero-order valence-corrected chi connectivity index (χ0v) is 13.2. The van der Waals surface area contributed by atoms with Gasteiger partial charge in [-0.2, -0.15) is 0 Å². The number of nitrogens with one attached hydrogen (secondary N) is 2. The van der Waals surface area contributed by atoms with Crippen molar-refractivity contribution in [2.45, 2.75) is 13.3 Å². The minimum atomic E-state index is -0.0771. The normalized spacial score (nSPS) is 10.1. The smallest absolute Gasteiger partial charge is 0.226 e. The van der Waals surface area contributed by atoms with Crippen molar-refractivity contribution in [3.05, 3.63) is 53.6 Å². The molecule has 2 aromatic carbocycles. The summed E-state index contributed by atoms with van der Waals surface area (Å²) in [5.41, 5.74) is 1.51. The van der Waals surface area contributed by atoms with Crippen molar-refractivity contribution in [2.24, 2.45) is 0 Å². The average Bonchev–Trinajstić information content (AvgIpc) is 2.51. The van der Waals surface area contributed by atoms with Crippen molar-refractivity contribution >= 4 is 28.9 Å². The largest absolute Gasteiger partial charge is 0.492 e. The topological polar surface area (TPSA) is 50.4 Å². The molecule has 0 fully saturated rings. The molecule has 0 aliphatic rings. The molecular formula is C17H19ClN2O2. The molecule has 0 saturated heterocycles. The Labute approximate surface area is 135 Å². The summed E-state index contributed by atoms with van der Waals surface area (Å²) in [6.07, 6.45) is 0.339. The number of carbonyl (C=O) groups is 1. The number of rotatable bonds is 7. The van der Waals surface area contributed by atoms with E-state index >= 15 is 0 Å². The third kappa shape index (κ3) is 4.67. The third-order valence-electron chi connectivity index (χ3n) is 3.00. The van der Waals surface area contributed by atoms with E-state index in [1.54, 1.807) is 0 Å². The molecule has 0 heterocycles. The van der Waals surface area contributed by atoms with Crippen LogP contribution < -0.4 is 15.4 Å². The molecule has 0 bridgehead atoms. The molecule has 116 valence electrons. The summed E-state index contributed by atoms with van der Waals surface area (Å²) in [7, 11) is 0. The Hall–Kier alpha value is -2.20. The molecule has 2 aromatic rings. The predicted molar refractivity (Wildman–Crippen MR) is 90.8 cm³/mol. The van der Waals surface area contributed by atoms with Crippen LogP contribution in [0.1, 0.15) is 13.3 Å². The Morgan fingerprint density at radius 3 is 2.50 bits per heavy atom. The lowest BCUT2D eigenvalue weighted by atomic mass is 10.2. The van der Waals surface area contributed by atoms with Crippen molar-refractivity contribution in [3.8, 4) is 5.75 Å². The highest BCUT2D eigenvalue weighted by molar-refractivity contribution is 6.33. The molecule has 0 radical (unpaired) electrons. The molecule has 0 aliphatic heterocycles. The summed E-state index contributed by atoms with van der Waals surface area (Å²) >= 11 is 6.05. The fourth-order valence-electron chi connectivity index (χ4n) is 1.98. The van der Waals surface area contributed by atoms with E-state index in [9.17, 15) is 4.79 Å². The molecule has 2 rings (SSSR count). The van der Waals surface area contributed by atoms with E-state index in [2.05, 4.69) is 10.6 Å². The van der Waals surface area contributed by atoms with Gasteiger partial charge in [0.05, 0.1) is 23.0 Å². The van der Waals surface area contributed by atoms with Gasteiger partial charge in [0.2, 0.25) is 5.91 Å². The van der Waals surface area contributed by atoms with Crippen molar-refractivity contribution in [2.75, 3.05) is 23.8 Å². The van der Waals surface area contributed by atoms with Crippen LogP contribution in [0, 0.1) is 0 Å². The van der Waals surface area contributed by atoms with Gasteiger partial charge in [0.15, 0.2) is 0 Å². The zero-order valence-electron chi connectivity index (χ0n) is 12.4. The maximum absolute atomic E-state index is 12.0. The lowest BCUT2D eigenvalue weighted by Gasteiger charge is -2.12. The number of hydrogen-bond donors (Lipinski definition) is 2. The van der Waals surface area contributed by atoms with Crippen LogP contribution in [0.2, 0.25) is 5.02 Å². The molecule has 0 saturated carbocycles. The third-order valence-corrected chi connectivity index (χ3v) is 3.33. The second-order valence-electron chi connectivity index (χ2n) is 4.63. The molecule has 0 aromatic heterocycles. The van der Waals surface area contributed by atoms with Crippen LogP contribution in [0.4, 0.5) is 11.4 Å². The van der Waals surface area contributed by atoms with Crippen LogP contribution in [0.3, 0.4) is 0 Å². The maximum Gasteiger partial charge on any atom is 0.226 e. The van der Waals surface area contributed by atoms with E-state index in [1.807, 2.05) is 55.5 Å². The minimum absolute atomic E-state index is 0.0771. The first-order chi connectivity index (χ1) is 10.7. The van der Waals surface area contributed by atoms with Gasteiger partial charge >= 0.3 is 0 Å². The molecule has 5 heteroatoms. The van der Waals surface area contributed by atoms with Crippen LogP contribution in [0.15, 0.2) is 48.5 Å². The molecule has 1 amide bonds. The van der Waals surface area contributed by atoms with E-state index < -0.39 is 0 Å². The molecule has 0 spiro atoms. The second kappa shape index (κ2) is 8.29. The van der Waals surface area contributed by atoms with Crippen molar-refractivity contribution in [1.82, 2.24) is 0 Å². The number of ether oxygens (including phenoxy) is 1. The summed E-state index contributed by atoms with van der Waals surface area (Å²) in [5.74, 6) is 0.601. The summed E-state index contributed by atoms with van der Waals surface area (Å²) in [6.45, 7) is 2.97. The van der Waals surface area contributed by atoms with Gasteiger partial charge in [-0.25, -0.2) is 0 Å². The lowest BCUT2D eigenvalue weighted by Crippen LogP contribution is -2.17. The van der Waals surface area contributed by atoms with Crippen LogP contribution in [-0.4, -0.2) is 19.1 Å². The van der Waals surface area contributed by atoms with Gasteiger partial charge in [0, 0.05) is 13.0 Å². The summed E-state index contributed by atoms with van der Waals surface area (Å²) < 4.78 is 5.48. The number of anilines is 2. The quantitative estimate of drug-likeness (QED) is 0.805. The monoisotopic (exact) mass is 318 g/mol. The second-order valence-corrected chi connectivity index (χ2v) is 5.04. The Kier molecular flexibility index (Phi) is 6.10. The minimum Gasteiger partial charge on any atom is -0.492 e. The number of benzene rings is 2. The highest BCUT2D eigenvalue weighted by Gasteiger charge is 2.07. The van der Waals surface area contributed by atoms with E-state index in [1.165, 1.54) is 0 Å². The van der Waals surface area contributed by atoms with Crippen LogP contribution >= 0.6 is 11.6 Å². The first-order valence-corrected chi connectivity index (χ1v) is 7.58. The molecule has 2 N–H and O–H groups in total. The van der Waals surface area contributed by atoms with Gasteiger partial charge in [-0.15, -0.1) is 0 Å². The molecule has 0 aliphatic carbocycles. The van der Waals surface area contributed by atoms with E-state index in [0.717, 1.165) is 5.69 Å². The van der Waals surface area contributed by atoms with Crippen LogP contribution in [-0.2, 0) is 4.79 Å². The van der Waals surface area contributed by atoms with Crippen molar-refractivity contribution in [3.63, 3.8) is 0 Å². The van der Waals surface area contributed by atoms with Gasteiger partial charge in [-0.3, -0.25) is 4.79 Å². The van der Waals surface area contributed by atoms with Gasteiger partial charge in [0.1, 0.15) is 5.75 Å². The molecular weight excluding hydrogens is 300 g/mol. The SMILES string of the molecule is CCOc1ccccc1NC(=O)CCNc1ccccc1Cl. The van der Waals surface area contributed by atoms with Gasteiger partial charge in [0.25, 0.3) is 0 Å². The summed E-state index contributed by atoms with van der Waals surface area (Å²) in [4.78, 5) is 12.0. The van der Waals surface area contributed by atoms with Gasteiger partial charge in [-0.05, 0) is 31.2 Å². The Bertz CT molecular complexity index is 632. The van der Waals surface area contributed by atoms with E-state index in [4.69, 9.17) is 16.3 Å². The van der Waals surface area contributed by atoms with Crippen molar-refractivity contribution in [1.29, 1.82) is 0 Å². The number of amides is 1. The average molecular weight is 319 g/mol. The summed E-state index contributed by atoms with van der Waals surface area (Å²) in [6, 6.07) is 14.8.